The van der Waals surface area contributed by atoms with E-state index < -0.39 is 16.4 Å². The van der Waals surface area contributed by atoms with Crippen molar-refractivity contribution in [2.45, 2.75) is 31.2 Å². The topological polar surface area (TPSA) is 101 Å². The molecular weight excluding hydrogens is 351 g/mol. The van der Waals surface area contributed by atoms with Gasteiger partial charge in [0.2, 0.25) is 0 Å². The van der Waals surface area contributed by atoms with E-state index in [1.807, 2.05) is 0 Å². The summed E-state index contributed by atoms with van der Waals surface area (Å²) in [6, 6.07) is 10.4. The molecule has 1 amide bonds. The van der Waals surface area contributed by atoms with Crippen LogP contribution in [-0.2, 0) is 5.54 Å². The first kappa shape index (κ1) is 17.1. The largest absolute Gasteiger partial charge is 0.341 e. The number of carbonyl (C=O) groups excluding carboxylic acids is 1. The molecule has 1 saturated carbocycles. The number of aromatic nitrogens is 2. The van der Waals surface area contributed by atoms with Crippen LogP contribution in [0.3, 0.4) is 0 Å². The number of hydrogen-bond donors (Lipinski definition) is 2. The fourth-order valence-electron chi connectivity index (χ4n) is 3.80. The maximum atomic E-state index is 13.3. The van der Waals surface area contributed by atoms with Crippen LogP contribution in [0.2, 0.25) is 0 Å². The third kappa shape index (κ3) is 3.03. The lowest BCUT2D eigenvalue weighted by Gasteiger charge is -2.30. The number of carbonyl (C=O) groups is 1. The van der Waals surface area contributed by atoms with Gasteiger partial charge < -0.3 is 5.32 Å². The highest BCUT2D eigenvalue weighted by Gasteiger charge is 2.38. The minimum Gasteiger partial charge on any atom is -0.341 e. The molecule has 8 heteroatoms. The van der Waals surface area contributed by atoms with Crippen molar-refractivity contribution in [3.8, 4) is 0 Å². The SMILES string of the molecule is O=C(NC1(c2ccc(F)cc2)CCCC1)c1n[nH]c2ccc([N+](=O)[O-])cc12. The number of nitro groups is 1. The Kier molecular flexibility index (Phi) is 4.10. The molecule has 1 aliphatic rings. The lowest BCUT2D eigenvalue weighted by molar-refractivity contribution is -0.384. The zero-order chi connectivity index (χ0) is 19.0. The molecule has 1 aromatic heterocycles. The van der Waals surface area contributed by atoms with E-state index in [1.165, 1.54) is 30.3 Å². The number of nitrogens with zero attached hydrogens (tertiary/aromatic N) is 2. The average Bonchev–Trinajstić information content (AvgIpc) is 3.29. The number of halogens is 1. The minimum absolute atomic E-state index is 0.105. The first-order valence-electron chi connectivity index (χ1n) is 8.70. The molecule has 138 valence electrons. The maximum Gasteiger partial charge on any atom is 0.273 e. The number of fused-ring (bicyclic) bond motifs is 1. The van der Waals surface area contributed by atoms with Crippen LogP contribution in [0.1, 0.15) is 41.7 Å². The van der Waals surface area contributed by atoms with Gasteiger partial charge in [-0.25, -0.2) is 4.39 Å². The predicted molar refractivity (Wildman–Crippen MR) is 96.8 cm³/mol. The average molecular weight is 368 g/mol. The van der Waals surface area contributed by atoms with E-state index in [0.29, 0.717) is 10.9 Å². The highest BCUT2D eigenvalue weighted by atomic mass is 19.1. The van der Waals surface area contributed by atoms with Crippen LogP contribution < -0.4 is 5.32 Å². The Labute approximate surface area is 153 Å². The van der Waals surface area contributed by atoms with Gasteiger partial charge in [0.15, 0.2) is 5.69 Å². The van der Waals surface area contributed by atoms with E-state index in [0.717, 1.165) is 31.2 Å². The van der Waals surface area contributed by atoms with Crippen molar-refractivity contribution in [2.24, 2.45) is 0 Å². The molecule has 0 saturated heterocycles. The number of hydrogen-bond acceptors (Lipinski definition) is 4. The monoisotopic (exact) mass is 368 g/mol. The van der Waals surface area contributed by atoms with Crippen molar-refractivity contribution >= 4 is 22.5 Å². The first-order chi connectivity index (χ1) is 13.0. The second kappa shape index (κ2) is 6.46. The Balaban J connectivity index is 1.70. The summed E-state index contributed by atoms with van der Waals surface area (Å²) in [6.45, 7) is 0. The summed E-state index contributed by atoms with van der Waals surface area (Å²) in [7, 11) is 0. The Morgan fingerprint density at radius 3 is 2.56 bits per heavy atom. The minimum atomic E-state index is -0.587. The highest BCUT2D eigenvalue weighted by Crippen LogP contribution is 2.39. The normalized spacial score (nSPS) is 15.7. The number of nitrogens with one attached hydrogen (secondary N) is 2. The Morgan fingerprint density at radius 1 is 1.19 bits per heavy atom. The van der Waals surface area contributed by atoms with E-state index in [-0.39, 0.29) is 17.2 Å². The van der Waals surface area contributed by atoms with Crippen LogP contribution in [0, 0.1) is 15.9 Å². The second-order valence-electron chi connectivity index (χ2n) is 6.81. The summed E-state index contributed by atoms with van der Waals surface area (Å²) in [6.07, 6.45) is 3.38. The van der Waals surface area contributed by atoms with Gasteiger partial charge in [-0.05, 0) is 36.6 Å². The molecule has 1 fully saturated rings. The van der Waals surface area contributed by atoms with Crippen molar-refractivity contribution in [1.29, 1.82) is 0 Å². The van der Waals surface area contributed by atoms with Crippen LogP contribution in [-0.4, -0.2) is 21.0 Å². The van der Waals surface area contributed by atoms with Crippen molar-refractivity contribution in [2.75, 3.05) is 0 Å². The van der Waals surface area contributed by atoms with E-state index >= 15 is 0 Å². The van der Waals surface area contributed by atoms with Crippen molar-refractivity contribution in [3.05, 3.63) is 69.7 Å². The molecule has 0 radical (unpaired) electrons. The molecule has 2 aromatic carbocycles. The molecule has 27 heavy (non-hydrogen) atoms. The molecule has 0 spiro atoms. The number of benzene rings is 2. The van der Waals surface area contributed by atoms with Crippen LogP contribution in [0.25, 0.3) is 10.9 Å². The number of aromatic amines is 1. The zero-order valence-corrected chi connectivity index (χ0v) is 14.4. The lowest BCUT2D eigenvalue weighted by Crippen LogP contribution is -2.44. The van der Waals surface area contributed by atoms with Crippen molar-refractivity contribution < 1.29 is 14.1 Å². The Morgan fingerprint density at radius 2 is 1.89 bits per heavy atom. The van der Waals surface area contributed by atoms with Gasteiger partial charge in [0, 0.05) is 17.5 Å². The van der Waals surface area contributed by atoms with Gasteiger partial charge in [0.05, 0.1) is 16.0 Å². The molecule has 3 aromatic rings. The van der Waals surface area contributed by atoms with E-state index in [1.54, 1.807) is 12.1 Å². The molecule has 2 N–H and O–H groups in total. The number of nitro benzene ring substituents is 1. The van der Waals surface area contributed by atoms with E-state index in [2.05, 4.69) is 15.5 Å². The van der Waals surface area contributed by atoms with Crippen molar-refractivity contribution in [1.82, 2.24) is 15.5 Å². The van der Waals surface area contributed by atoms with Crippen LogP contribution in [0.5, 0.6) is 0 Å². The van der Waals surface area contributed by atoms with Gasteiger partial charge in [-0.2, -0.15) is 5.10 Å². The highest BCUT2D eigenvalue weighted by molar-refractivity contribution is 6.05. The summed E-state index contributed by atoms with van der Waals surface area (Å²) in [5.74, 6) is -0.739. The number of amides is 1. The molecule has 0 bridgehead atoms. The fourth-order valence-corrected chi connectivity index (χ4v) is 3.80. The molecular formula is C19H17FN4O3. The van der Waals surface area contributed by atoms with Crippen LogP contribution in [0.15, 0.2) is 42.5 Å². The quantitative estimate of drug-likeness (QED) is 0.540. The van der Waals surface area contributed by atoms with Crippen LogP contribution in [0.4, 0.5) is 10.1 Å². The summed E-state index contributed by atoms with van der Waals surface area (Å²) in [5.41, 5.74) is 0.819. The van der Waals surface area contributed by atoms with E-state index in [4.69, 9.17) is 0 Å². The predicted octanol–water partition coefficient (Wildman–Crippen LogP) is 3.81. The van der Waals surface area contributed by atoms with E-state index in [9.17, 15) is 19.3 Å². The summed E-state index contributed by atoms with van der Waals surface area (Å²) in [4.78, 5) is 23.5. The number of non-ortho nitro benzene ring substituents is 1. The molecule has 1 heterocycles. The molecule has 0 atom stereocenters. The molecule has 0 unspecified atom stereocenters. The number of rotatable bonds is 4. The number of H-pyrrole nitrogens is 1. The second-order valence-corrected chi connectivity index (χ2v) is 6.81. The van der Waals surface area contributed by atoms with Gasteiger partial charge in [0.1, 0.15) is 5.82 Å². The maximum absolute atomic E-state index is 13.3. The van der Waals surface area contributed by atoms with Gasteiger partial charge in [-0.3, -0.25) is 20.0 Å². The molecule has 0 aliphatic heterocycles. The third-order valence-electron chi connectivity index (χ3n) is 5.18. The van der Waals surface area contributed by atoms with Crippen molar-refractivity contribution in [3.63, 3.8) is 0 Å². The summed E-state index contributed by atoms with van der Waals surface area (Å²) in [5, 5.41) is 21.3. The molecule has 1 aliphatic carbocycles. The Hall–Kier alpha value is -3.29. The fraction of sp³-hybridized carbons (Fsp3) is 0.263. The molecule has 4 rings (SSSR count). The third-order valence-corrected chi connectivity index (χ3v) is 5.18. The smallest absolute Gasteiger partial charge is 0.273 e. The molecule has 7 nitrogen and oxygen atoms in total. The summed E-state index contributed by atoms with van der Waals surface area (Å²) < 4.78 is 13.3. The van der Waals surface area contributed by atoms with Gasteiger partial charge in [0.25, 0.3) is 11.6 Å². The van der Waals surface area contributed by atoms with Gasteiger partial charge >= 0.3 is 0 Å². The zero-order valence-electron chi connectivity index (χ0n) is 14.4. The Bertz CT molecular complexity index is 1020. The van der Waals surface area contributed by atoms with Gasteiger partial charge in [-0.15, -0.1) is 0 Å². The van der Waals surface area contributed by atoms with Crippen LogP contribution >= 0.6 is 0 Å². The first-order valence-corrected chi connectivity index (χ1v) is 8.70. The standard InChI is InChI=1S/C19H17FN4O3/c20-13-5-3-12(4-6-13)19(9-1-2-10-19)21-18(25)17-15-11-14(24(26)27)7-8-16(15)22-23-17/h3-8,11H,1-2,9-10H2,(H,21,25)(H,22,23). The van der Waals surface area contributed by atoms with Gasteiger partial charge in [-0.1, -0.05) is 25.0 Å². The lowest BCUT2D eigenvalue weighted by atomic mass is 9.88. The summed E-state index contributed by atoms with van der Waals surface area (Å²) >= 11 is 0.